The maximum Gasteiger partial charge on any atom is 0.255 e. The molecule has 2 aromatic carbocycles. The van der Waals surface area contributed by atoms with Gasteiger partial charge < -0.3 is 10.1 Å². The van der Waals surface area contributed by atoms with Crippen molar-refractivity contribution in [2.45, 2.75) is 27.3 Å². The third kappa shape index (κ3) is 5.48. The Bertz CT molecular complexity index is 697. The summed E-state index contributed by atoms with van der Waals surface area (Å²) in [6.45, 7) is 9.68. The molecule has 5 heteroatoms. The fraction of sp³-hybridized carbons (Fsp3) is 0.350. The fourth-order valence-corrected chi connectivity index (χ4v) is 2.75. The number of anilines is 1. The van der Waals surface area contributed by atoms with E-state index < -0.39 is 0 Å². The quantitative estimate of drug-likeness (QED) is 0.732. The molecule has 0 fully saturated rings. The monoisotopic (exact) mass is 360 g/mol. The van der Waals surface area contributed by atoms with E-state index in [9.17, 15) is 4.79 Å². The van der Waals surface area contributed by atoms with Gasteiger partial charge in [0.25, 0.3) is 5.91 Å². The first-order chi connectivity index (χ1) is 12.1. The van der Waals surface area contributed by atoms with Gasteiger partial charge in [0.05, 0.1) is 11.6 Å². The summed E-state index contributed by atoms with van der Waals surface area (Å²) in [6, 6.07) is 13.0. The molecular weight excluding hydrogens is 336 g/mol. The summed E-state index contributed by atoms with van der Waals surface area (Å²) in [5, 5.41) is 3.33. The van der Waals surface area contributed by atoms with Crippen LogP contribution in [0.5, 0.6) is 5.75 Å². The van der Waals surface area contributed by atoms with E-state index in [-0.39, 0.29) is 5.91 Å². The van der Waals surface area contributed by atoms with Crippen LogP contribution in [0.3, 0.4) is 0 Å². The molecule has 4 nitrogen and oxygen atoms in total. The molecule has 0 aliphatic rings. The summed E-state index contributed by atoms with van der Waals surface area (Å²) in [5.41, 5.74) is 2.49. The minimum atomic E-state index is -0.193. The summed E-state index contributed by atoms with van der Waals surface area (Å²) >= 11 is 6.14. The van der Waals surface area contributed by atoms with Gasteiger partial charge in [-0.1, -0.05) is 37.6 Å². The average Bonchev–Trinajstić information content (AvgIpc) is 2.62. The van der Waals surface area contributed by atoms with Gasteiger partial charge in [0, 0.05) is 17.8 Å². The molecule has 0 spiro atoms. The number of rotatable bonds is 8. The lowest BCUT2D eigenvalue weighted by atomic mass is 10.1. The Morgan fingerprint density at radius 2 is 1.76 bits per heavy atom. The summed E-state index contributed by atoms with van der Waals surface area (Å²) in [7, 11) is 0. The smallest absolute Gasteiger partial charge is 0.255 e. The third-order valence-electron chi connectivity index (χ3n) is 4.01. The number of nitrogens with one attached hydrogen (secondary N) is 1. The van der Waals surface area contributed by atoms with E-state index in [0.29, 0.717) is 22.9 Å². The molecule has 0 radical (unpaired) electrons. The van der Waals surface area contributed by atoms with Crippen molar-refractivity contribution in [1.82, 2.24) is 4.90 Å². The number of benzene rings is 2. The van der Waals surface area contributed by atoms with Gasteiger partial charge in [0.15, 0.2) is 0 Å². The molecule has 25 heavy (non-hydrogen) atoms. The minimum Gasteiger partial charge on any atom is -0.492 e. The lowest BCUT2D eigenvalue weighted by Crippen LogP contribution is -2.22. The lowest BCUT2D eigenvalue weighted by Gasteiger charge is -2.18. The van der Waals surface area contributed by atoms with E-state index in [1.54, 1.807) is 18.2 Å². The second-order valence-corrected chi connectivity index (χ2v) is 6.10. The highest BCUT2D eigenvalue weighted by atomic mass is 35.5. The molecule has 0 saturated carbocycles. The number of ether oxygens (including phenoxy) is 1. The molecule has 0 saturated heterocycles. The van der Waals surface area contributed by atoms with Crippen LogP contribution in [0.25, 0.3) is 0 Å². The van der Waals surface area contributed by atoms with Gasteiger partial charge in [-0.2, -0.15) is 0 Å². The van der Waals surface area contributed by atoms with Crippen molar-refractivity contribution in [2.24, 2.45) is 0 Å². The van der Waals surface area contributed by atoms with Crippen LogP contribution >= 0.6 is 11.6 Å². The SMILES string of the molecule is CCOc1ccc(C(=O)Nc2ccc(CN(CC)CC)cc2)cc1Cl. The normalized spacial score (nSPS) is 10.8. The number of halogens is 1. The highest BCUT2D eigenvalue weighted by molar-refractivity contribution is 6.32. The predicted molar refractivity (Wildman–Crippen MR) is 104 cm³/mol. The summed E-state index contributed by atoms with van der Waals surface area (Å²) < 4.78 is 5.39. The molecule has 2 aromatic rings. The van der Waals surface area contributed by atoms with Gasteiger partial charge in [0.1, 0.15) is 5.75 Å². The number of nitrogens with zero attached hydrogens (tertiary/aromatic N) is 1. The Morgan fingerprint density at radius 1 is 1.08 bits per heavy atom. The molecule has 134 valence electrons. The van der Waals surface area contributed by atoms with Crippen molar-refractivity contribution in [3.63, 3.8) is 0 Å². The zero-order valence-electron chi connectivity index (χ0n) is 15.0. The van der Waals surface area contributed by atoms with Crippen molar-refractivity contribution >= 4 is 23.2 Å². The van der Waals surface area contributed by atoms with Gasteiger partial charge in [-0.3, -0.25) is 9.69 Å². The van der Waals surface area contributed by atoms with Gasteiger partial charge in [-0.05, 0) is 55.9 Å². The predicted octanol–water partition coefficient (Wildman–Crippen LogP) is 4.83. The van der Waals surface area contributed by atoms with Crippen molar-refractivity contribution in [3.8, 4) is 5.75 Å². The van der Waals surface area contributed by atoms with Crippen LogP contribution in [0.4, 0.5) is 5.69 Å². The second-order valence-electron chi connectivity index (χ2n) is 5.69. The van der Waals surface area contributed by atoms with Crippen LogP contribution in [0.2, 0.25) is 5.02 Å². The third-order valence-corrected chi connectivity index (χ3v) is 4.30. The van der Waals surface area contributed by atoms with E-state index in [1.807, 2.05) is 31.2 Å². The van der Waals surface area contributed by atoms with Gasteiger partial charge in [0.2, 0.25) is 0 Å². The number of hydrogen-bond donors (Lipinski definition) is 1. The molecule has 1 N–H and O–H groups in total. The summed E-state index contributed by atoms with van der Waals surface area (Å²) in [6.07, 6.45) is 0. The van der Waals surface area contributed by atoms with Gasteiger partial charge >= 0.3 is 0 Å². The van der Waals surface area contributed by atoms with Crippen molar-refractivity contribution < 1.29 is 9.53 Å². The van der Waals surface area contributed by atoms with Crippen LogP contribution in [0.1, 0.15) is 36.7 Å². The standard InChI is InChI=1S/C20H25ClN2O2/c1-4-23(5-2)14-15-7-10-17(11-8-15)22-20(24)16-9-12-19(25-6-3)18(21)13-16/h7-13H,4-6,14H2,1-3H3,(H,22,24). The second kappa shape index (κ2) is 9.44. The van der Waals surface area contributed by atoms with E-state index in [4.69, 9.17) is 16.3 Å². The van der Waals surface area contributed by atoms with Crippen LogP contribution in [0, 0.1) is 0 Å². The van der Waals surface area contributed by atoms with E-state index >= 15 is 0 Å². The highest BCUT2D eigenvalue weighted by Crippen LogP contribution is 2.26. The van der Waals surface area contributed by atoms with Crippen LogP contribution in [-0.2, 0) is 6.54 Å². The van der Waals surface area contributed by atoms with E-state index in [2.05, 4.69) is 24.1 Å². The summed E-state index contributed by atoms with van der Waals surface area (Å²) in [5.74, 6) is 0.392. The lowest BCUT2D eigenvalue weighted by molar-refractivity contribution is 0.102. The molecule has 0 unspecified atom stereocenters. The largest absolute Gasteiger partial charge is 0.492 e. The molecular formula is C20H25ClN2O2. The first kappa shape index (κ1) is 19.3. The molecule has 0 aromatic heterocycles. The number of carbonyl (C=O) groups excluding carboxylic acids is 1. The van der Waals surface area contributed by atoms with Crippen molar-refractivity contribution in [2.75, 3.05) is 25.0 Å². The number of hydrogen-bond acceptors (Lipinski definition) is 3. The van der Waals surface area contributed by atoms with Gasteiger partial charge in [-0.25, -0.2) is 0 Å². The number of carbonyl (C=O) groups is 1. The average molecular weight is 361 g/mol. The molecule has 0 heterocycles. The highest BCUT2D eigenvalue weighted by Gasteiger charge is 2.10. The van der Waals surface area contributed by atoms with Crippen LogP contribution < -0.4 is 10.1 Å². The molecule has 0 aliphatic heterocycles. The molecule has 0 bridgehead atoms. The fourth-order valence-electron chi connectivity index (χ4n) is 2.52. The van der Waals surface area contributed by atoms with Crippen LogP contribution in [-0.4, -0.2) is 30.5 Å². The molecule has 0 aliphatic carbocycles. The maximum atomic E-state index is 12.4. The molecule has 0 atom stereocenters. The first-order valence-electron chi connectivity index (χ1n) is 8.62. The zero-order valence-corrected chi connectivity index (χ0v) is 15.8. The van der Waals surface area contributed by atoms with E-state index in [1.165, 1.54) is 5.56 Å². The van der Waals surface area contributed by atoms with Crippen LogP contribution in [0.15, 0.2) is 42.5 Å². The van der Waals surface area contributed by atoms with E-state index in [0.717, 1.165) is 25.3 Å². The minimum absolute atomic E-state index is 0.193. The Hall–Kier alpha value is -2.04. The van der Waals surface area contributed by atoms with Gasteiger partial charge in [-0.15, -0.1) is 0 Å². The van der Waals surface area contributed by atoms with Crippen molar-refractivity contribution in [1.29, 1.82) is 0 Å². The Morgan fingerprint density at radius 3 is 2.32 bits per heavy atom. The van der Waals surface area contributed by atoms with Crippen molar-refractivity contribution in [3.05, 3.63) is 58.6 Å². The zero-order chi connectivity index (χ0) is 18.2. The Balaban J connectivity index is 2.01. The number of amides is 1. The maximum absolute atomic E-state index is 12.4. The molecule has 1 amide bonds. The molecule has 2 rings (SSSR count). The first-order valence-corrected chi connectivity index (χ1v) is 9.00. The Kier molecular flexibility index (Phi) is 7.29. The Labute approximate surface area is 154 Å². The topological polar surface area (TPSA) is 41.6 Å². The summed E-state index contributed by atoms with van der Waals surface area (Å²) in [4.78, 5) is 14.7.